The number of hydrogen-bond acceptors (Lipinski definition) is 3. The maximum Gasteiger partial charge on any atom is 0.338 e. The summed E-state index contributed by atoms with van der Waals surface area (Å²) in [6.45, 7) is 2.36. The van der Waals surface area contributed by atoms with E-state index < -0.39 is 11.9 Å². The summed E-state index contributed by atoms with van der Waals surface area (Å²) < 4.78 is 18.4. The molecule has 1 aromatic heterocycles. The maximum atomic E-state index is 13.3. The highest BCUT2D eigenvalue weighted by molar-refractivity contribution is 6.03. The van der Waals surface area contributed by atoms with Crippen molar-refractivity contribution in [1.29, 1.82) is 0 Å². The summed E-state index contributed by atoms with van der Waals surface area (Å²) in [5.41, 5.74) is 0.689. The Balaban J connectivity index is 2.34. The molecule has 0 atom stereocenters. The van der Waals surface area contributed by atoms with Crippen LogP contribution in [0.4, 0.5) is 4.39 Å². The van der Waals surface area contributed by atoms with Gasteiger partial charge in [-0.1, -0.05) is 31.5 Å². The fourth-order valence-electron chi connectivity index (χ4n) is 1.70. The molecule has 0 aliphatic carbocycles. The molecule has 0 aliphatic rings. The fourth-order valence-corrected chi connectivity index (χ4v) is 1.70. The lowest BCUT2D eigenvalue weighted by Gasteiger charge is -2.07. The van der Waals surface area contributed by atoms with Crippen LogP contribution in [-0.4, -0.2) is 17.6 Å². The van der Waals surface area contributed by atoms with E-state index in [0.29, 0.717) is 17.5 Å². The van der Waals surface area contributed by atoms with E-state index in [-0.39, 0.29) is 5.56 Å². The number of ether oxygens (including phenoxy) is 1. The van der Waals surface area contributed by atoms with Crippen molar-refractivity contribution in [1.82, 2.24) is 4.98 Å². The molecule has 0 N–H and O–H groups in total. The number of carbonyl (C=O) groups is 1. The lowest BCUT2D eigenvalue weighted by atomic mass is 10.1. The Kier molecular flexibility index (Phi) is 3.87. The number of rotatable bonds is 4. The van der Waals surface area contributed by atoms with Crippen LogP contribution in [0.3, 0.4) is 0 Å². The lowest BCUT2D eigenvalue weighted by molar-refractivity contribution is 0.0501. The third kappa shape index (κ3) is 2.64. The molecule has 0 bridgehead atoms. The predicted molar refractivity (Wildman–Crippen MR) is 66.9 cm³/mol. The monoisotopic (exact) mass is 247 g/mol. The van der Waals surface area contributed by atoms with Gasteiger partial charge in [-0.3, -0.25) is 0 Å². The second kappa shape index (κ2) is 5.58. The molecule has 0 fully saturated rings. The molecule has 0 saturated carbocycles. The molecule has 1 heterocycles. The SMILES string of the molecule is CCCCOC(=O)c1cc(F)nc2ccccc12. The summed E-state index contributed by atoms with van der Waals surface area (Å²) in [4.78, 5) is 15.6. The van der Waals surface area contributed by atoms with Gasteiger partial charge in [0, 0.05) is 11.5 Å². The van der Waals surface area contributed by atoms with Crippen LogP contribution in [0, 0.1) is 5.95 Å². The zero-order valence-corrected chi connectivity index (χ0v) is 10.1. The van der Waals surface area contributed by atoms with E-state index in [1.807, 2.05) is 6.92 Å². The van der Waals surface area contributed by atoms with E-state index >= 15 is 0 Å². The summed E-state index contributed by atoms with van der Waals surface area (Å²) in [6, 6.07) is 8.06. The second-order valence-corrected chi connectivity index (χ2v) is 4.00. The van der Waals surface area contributed by atoms with Gasteiger partial charge >= 0.3 is 5.97 Å². The van der Waals surface area contributed by atoms with Gasteiger partial charge in [-0.05, 0) is 12.5 Å². The smallest absolute Gasteiger partial charge is 0.338 e. The van der Waals surface area contributed by atoms with Gasteiger partial charge in [-0.25, -0.2) is 9.78 Å². The highest BCUT2D eigenvalue weighted by atomic mass is 19.1. The van der Waals surface area contributed by atoms with Crippen LogP contribution in [0.2, 0.25) is 0 Å². The first-order valence-corrected chi connectivity index (χ1v) is 5.94. The van der Waals surface area contributed by atoms with Crippen molar-refractivity contribution in [2.75, 3.05) is 6.61 Å². The number of carbonyl (C=O) groups excluding carboxylic acids is 1. The van der Waals surface area contributed by atoms with Crippen LogP contribution >= 0.6 is 0 Å². The van der Waals surface area contributed by atoms with Crippen LogP contribution < -0.4 is 0 Å². The Labute approximate surface area is 105 Å². The number of nitrogens with zero attached hydrogens (tertiary/aromatic N) is 1. The van der Waals surface area contributed by atoms with Crippen LogP contribution in [0.5, 0.6) is 0 Å². The van der Waals surface area contributed by atoms with Crippen LogP contribution in [0.25, 0.3) is 10.9 Å². The number of esters is 1. The van der Waals surface area contributed by atoms with Gasteiger partial charge in [0.2, 0.25) is 5.95 Å². The third-order valence-corrected chi connectivity index (χ3v) is 2.64. The van der Waals surface area contributed by atoms with Gasteiger partial charge in [-0.15, -0.1) is 0 Å². The highest BCUT2D eigenvalue weighted by Crippen LogP contribution is 2.18. The average Bonchev–Trinajstić information content (AvgIpc) is 2.38. The molecule has 18 heavy (non-hydrogen) atoms. The van der Waals surface area contributed by atoms with Crippen molar-refractivity contribution in [3.05, 3.63) is 41.8 Å². The molecule has 2 aromatic rings. The molecule has 0 aliphatic heterocycles. The summed E-state index contributed by atoms with van der Waals surface area (Å²) in [7, 11) is 0. The van der Waals surface area contributed by atoms with E-state index in [9.17, 15) is 9.18 Å². The van der Waals surface area contributed by atoms with Crippen LogP contribution in [0.15, 0.2) is 30.3 Å². The van der Waals surface area contributed by atoms with Crippen molar-refractivity contribution in [3.63, 3.8) is 0 Å². The van der Waals surface area contributed by atoms with Crippen molar-refractivity contribution >= 4 is 16.9 Å². The molecular formula is C14H14FNO2. The number of benzene rings is 1. The number of pyridine rings is 1. The van der Waals surface area contributed by atoms with E-state index in [1.54, 1.807) is 24.3 Å². The topological polar surface area (TPSA) is 39.2 Å². The van der Waals surface area contributed by atoms with Crippen LogP contribution in [-0.2, 0) is 4.74 Å². The van der Waals surface area contributed by atoms with Crippen molar-refractivity contribution in [3.8, 4) is 0 Å². The van der Waals surface area contributed by atoms with Crippen LogP contribution in [0.1, 0.15) is 30.1 Å². The van der Waals surface area contributed by atoms with Crippen molar-refractivity contribution < 1.29 is 13.9 Å². The van der Waals surface area contributed by atoms with Gasteiger partial charge in [0.25, 0.3) is 0 Å². The summed E-state index contributed by atoms with van der Waals surface area (Å²) in [5, 5.41) is 0.611. The third-order valence-electron chi connectivity index (χ3n) is 2.64. The first-order chi connectivity index (χ1) is 8.72. The zero-order chi connectivity index (χ0) is 13.0. The Hall–Kier alpha value is -1.97. The molecule has 0 radical (unpaired) electrons. The molecule has 4 heteroatoms. The first kappa shape index (κ1) is 12.5. The highest BCUT2D eigenvalue weighted by Gasteiger charge is 2.13. The number of hydrogen-bond donors (Lipinski definition) is 0. The normalized spacial score (nSPS) is 10.6. The number of aromatic nitrogens is 1. The van der Waals surface area contributed by atoms with Gasteiger partial charge in [0.05, 0.1) is 17.7 Å². The zero-order valence-electron chi connectivity index (χ0n) is 10.1. The fraction of sp³-hybridized carbons (Fsp3) is 0.286. The molecule has 3 nitrogen and oxygen atoms in total. The molecule has 94 valence electrons. The number of unbranched alkanes of at least 4 members (excludes halogenated alkanes) is 1. The van der Waals surface area contributed by atoms with Gasteiger partial charge in [0.15, 0.2) is 0 Å². The molecule has 0 spiro atoms. The quantitative estimate of drug-likeness (QED) is 0.472. The number of halogens is 1. The molecule has 0 saturated heterocycles. The average molecular weight is 247 g/mol. The standard InChI is InChI=1S/C14H14FNO2/c1-2-3-8-18-14(17)11-9-13(15)16-12-7-5-4-6-10(11)12/h4-7,9H,2-3,8H2,1H3. The van der Waals surface area contributed by atoms with Gasteiger partial charge < -0.3 is 4.74 Å². The van der Waals surface area contributed by atoms with Gasteiger partial charge in [0.1, 0.15) is 0 Å². The summed E-state index contributed by atoms with van der Waals surface area (Å²) in [5.74, 6) is -1.17. The van der Waals surface area contributed by atoms with E-state index in [1.165, 1.54) is 0 Å². The first-order valence-electron chi connectivity index (χ1n) is 5.94. The Morgan fingerprint density at radius 2 is 2.17 bits per heavy atom. The number of fused-ring (bicyclic) bond motifs is 1. The molecule has 0 amide bonds. The van der Waals surface area contributed by atoms with Gasteiger partial charge in [-0.2, -0.15) is 4.39 Å². The Morgan fingerprint density at radius 3 is 2.94 bits per heavy atom. The van der Waals surface area contributed by atoms with E-state index in [0.717, 1.165) is 18.9 Å². The molecular weight excluding hydrogens is 233 g/mol. The minimum Gasteiger partial charge on any atom is -0.462 e. The molecule has 2 rings (SSSR count). The molecule has 1 aromatic carbocycles. The molecule has 0 unspecified atom stereocenters. The Bertz CT molecular complexity index is 569. The minimum absolute atomic E-state index is 0.231. The largest absolute Gasteiger partial charge is 0.462 e. The van der Waals surface area contributed by atoms with Crippen molar-refractivity contribution in [2.24, 2.45) is 0 Å². The predicted octanol–water partition coefficient (Wildman–Crippen LogP) is 3.33. The van der Waals surface area contributed by atoms with Crippen molar-refractivity contribution in [2.45, 2.75) is 19.8 Å². The minimum atomic E-state index is -0.670. The number of para-hydroxylation sites is 1. The summed E-state index contributed by atoms with van der Waals surface area (Å²) in [6.07, 6.45) is 1.75. The van der Waals surface area contributed by atoms with E-state index in [4.69, 9.17) is 4.74 Å². The Morgan fingerprint density at radius 1 is 1.39 bits per heavy atom. The summed E-state index contributed by atoms with van der Waals surface area (Å²) >= 11 is 0. The van der Waals surface area contributed by atoms with E-state index in [2.05, 4.69) is 4.98 Å². The lowest BCUT2D eigenvalue weighted by Crippen LogP contribution is -2.08. The second-order valence-electron chi connectivity index (χ2n) is 4.00. The maximum absolute atomic E-state index is 13.3.